The monoisotopic (exact) mass is 346 g/mol. The highest BCUT2D eigenvalue weighted by molar-refractivity contribution is 9.10. The van der Waals surface area contributed by atoms with Crippen LogP contribution in [-0.2, 0) is 0 Å². The van der Waals surface area contributed by atoms with E-state index in [2.05, 4.69) is 38.2 Å². The Hall–Kier alpha value is -1.58. The van der Waals surface area contributed by atoms with Crippen LogP contribution in [0.15, 0.2) is 21.2 Å². The number of halogens is 1. The number of rotatable bonds is 2. The molecule has 21 heavy (non-hydrogen) atoms. The lowest BCUT2D eigenvalue weighted by molar-refractivity contribution is 0.260. The van der Waals surface area contributed by atoms with E-state index >= 15 is 0 Å². The van der Waals surface area contributed by atoms with E-state index in [0.29, 0.717) is 29.3 Å². The summed E-state index contributed by atoms with van der Waals surface area (Å²) in [6, 6.07) is 4.83. The van der Waals surface area contributed by atoms with Gasteiger partial charge in [0.05, 0.1) is 10.7 Å². The zero-order valence-corrected chi connectivity index (χ0v) is 13.2. The van der Waals surface area contributed by atoms with Gasteiger partial charge in [-0.1, -0.05) is 0 Å². The van der Waals surface area contributed by atoms with E-state index in [9.17, 15) is 0 Å². The molecule has 1 aliphatic carbocycles. The summed E-state index contributed by atoms with van der Waals surface area (Å²) in [5.41, 5.74) is 0.635. The fraction of sp³-hybridized carbons (Fsp3) is 0.467. The van der Waals surface area contributed by atoms with Crippen molar-refractivity contribution in [2.45, 2.75) is 24.9 Å². The Kier molecular flexibility index (Phi) is 2.95. The van der Waals surface area contributed by atoms with Gasteiger partial charge in [-0.25, -0.2) is 4.98 Å². The SMILES string of the molecule is CN1CC2CCC1C2Nc1ncc2oc(C#N)cc2c1Br. The molecule has 1 aliphatic heterocycles. The number of piperidine rings is 1. The number of likely N-dealkylation sites (N-methyl/N-ethyl adjacent to an activating group) is 1. The van der Waals surface area contributed by atoms with Crippen LogP contribution in [0.5, 0.6) is 0 Å². The number of furan rings is 1. The molecule has 0 spiro atoms. The van der Waals surface area contributed by atoms with Gasteiger partial charge in [-0.3, -0.25) is 0 Å². The molecule has 3 heterocycles. The fourth-order valence-corrected chi connectivity index (χ4v) is 4.30. The maximum absolute atomic E-state index is 8.93. The first-order valence-electron chi connectivity index (χ1n) is 7.12. The highest BCUT2D eigenvalue weighted by Crippen LogP contribution is 2.40. The van der Waals surface area contributed by atoms with Crippen LogP contribution in [0, 0.1) is 17.2 Å². The number of hydrogen-bond acceptors (Lipinski definition) is 5. The Morgan fingerprint density at radius 1 is 1.52 bits per heavy atom. The van der Waals surface area contributed by atoms with Crippen LogP contribution in [0.25, 0.3) is 11.0 Å². The van der Waals surface area contributed by atoms with Crippen LogP contribution in [0.1, 0.15) is 18.6 Å². The molecule has 0 radical (unpaired) electrons. The summed E-state index contributed by atoms with van der Waals surface area (Å²) in [5.74, 6) is 1.85. The average Bonchev–Trinajstić information content (AvgIpc) is 3.14. The van der Waals surface area contributed by atoms with Crippen LogP contribution in [0.4, 0.5) is 5.82 Å². The maximum atomic E-state index is 8.93. The summed E-state index contributed by atoms with van der Waals surface area (Å²) in [6.45, 7) is 1.16. The van der Waals surface area contributed by atoms with Crippen molar-refractivity contribution in [2.24, 2.45) is 5.92 Å². The molecule has 1 N–H and O–H groups in total. The Labute approximate surface area is 131 Å². The molecule has 4 rings (SSSR count). The molecule has 0 aromatic carbocycles. The summed E-state index contributed by atoms with van der Waals surface area (Å²) < 4.78 is 6.28. The Morgan fingerprint density at radius 3 is 3.05 bits per heavy atom. The number of nitriles is 1. The third-order valence-electron chi connectivity index (χ3n) is 4.77. The quantitative estimate of drug-likeness (QED) is 0.905. The van der Waals surface area contributed by atoms with E-state index in [1.807, 2.05) is 6.07 Å². The zero-order valence-electron chi connectivity index (χ0n) is 11.6. The second-order valence-corrected chi connectivity index (χ2v) is 6.73. The van der Waals surface area contributed by atoms with Crippen molar-refractivity contribution in [1.82, 2.24) is 9.88 Å². The molecule has 2 aromatic heterocycles. The van der Waals surface area contributed by atoms with Gasteiger partial charge in [0.25, 0.3) is 0 Å². The van der Waals surface area contributed by atoms with E-state index < -0.39 is 0 Å². The summed E-state index contributed by atoms with van der Waals surface area (Å²) in [5, 5.41) is 13.4. The molecule has 1 saturated carbocycles. The standard InChI is InChI=1S/C15H15BrN4O/c1-20-7-8-2-3-11(20)14(8)19-15-13(16)10-4-9(5-17)21-12(10)6-18-15/h4,6,8,11,14H,2-3,7H2,1H3,(H,18,19). The molecular weight excluding hydrogens is 332 g/mol. The summed E-state index contributed by atoms with van der Waals surface area (Å²) in [7, 11) is 2.19. The van der Waals surface area contributed by atoms with Gasteiger partial charge >= 0.3 is 0 Å². The normalized spacial score (nSPS) is 28.1. The van der Waals surface area contributed by atoms with Gasteiger partial charge in [0.15, 0.2) is 5.58 Å². The van der Waals surface area contributed by atoms with Crippen LogP contribution >= 0.6 is 15.9 Å². The lowest BCUT2D eigenvalue weighted by atomic mass is 10.1. The molecule has 1 saturated heterocycles. The number of nitrogens with one attached hydrogen (secondary N) is 1. The molecular formula is C15H15BrN4O. The second kappa shape index (κ2) is 4.72. The van der Waals surface area contributed by atoms with Gasteiger partial charge in [0.2, 0.25) is 5.76 Å². The minimum absolute atomic E-state index is 0.310. The van der Waals surface area contributed by atoms with Crippen molar-refractivity contribution in [1.29, 1.82) is 5.26 Å². The van der Waals surface area contributed by atoms with E-state index in [1.165, 1.54) is 12.8 Å². The van der Waals surface area contributed by atoms with E-state index in [1.54, 1.807) is 12.3 Å². The van der Waals surface area contributed by atoms with Crippen molar-refractivity contribution in [3.63, 3.8) is 0 Å². The first kappa shape index (κ1) is 13.1. The van der Waals surface area contributed by atoms with Crippen molar-refractivity contribution in [3.05, 3.63) is 22.5 Å². The Balaban J connectivity index is 1.68. The van der Waals surface area contributed by atoms with Gasteiger partial charge in [-0.2, -0.15) is 5.26 Å². The summed E-state index contributed by atoms with van der Waals surface area (Å²) >= 11 is 3.60. The number of pyridine rings is 1. The molecule has 6 heteroatoms. The second-order valence-electron chi connectivity index (χ2n) is 5.94. The number of nitrogens with zero attached hydrogens (tertiary/aromatic N) is 3. The summed E-state index contributed by atoms with van der Waals surface area (Å²) in [4.78, 5) is 6.89. The summed E-state index contributed by atoms with van der Waals surface area (Å²) in [6.07, 6.45) is 4.23. The van der Waals surface area contributed by atoms with Gasteiger partial charge in [-0.05, 0) is 41.7 Å². The largest absolute Gasteiger partial charge is 0.444 e. The van der Waals surface area contributed by atoms with E-state index in [0.717, 1.165) is 22.2 Å². The number of fused-ring (bicyclic) bond motifs is 3. The fourth-order valence-electron chi connectivity index (χ4n) is 3.77. The molecule has 5 nitrogen and oxygen atoms in total. The third kappa shape index (κ3) is 1.95. The molecule has 3 unspecified atom stereocenters. The molecule has 3 atom stereocenters. The van der Waals surface area contributed by atoms with Gasteiger partial charge in [-0.15, -0.1) is 0 Å². The minimum atomic E-state index is 0.310. The molecule has 2 aliphatic rings. The smallest absolute Gasteiger partial charge is 0.204 e. The highest BCUT2D eigenvalue weighted by Gasteiger charge is 2.45. The van der Waals surface area contributed by atoms with Crippen LogP contribution < -0.4 is 5.32 Å². The number of anilines is 1. The van der Waals surface area contributed by atoms with Crippen molar-refractivity contribution >= 4 is 32.7 Å². The van der Waals surface area contributed by atoms with Crippen molar-refractivity contribution in [3.8, 4) is 6.07 Å². The van der Waals surface area contributed by atoms with Gasteiger partial charge < -0.3 is 14.6 Å². The van der Waals surface area contributed by atoms with E-state index in [-0.39, 0.29) is 0 Å². The number of hydrogen-bond donors (Lipinski definition) is 1. The number of aromatic nitrogens is 1. The maximum Gasteiger partial charge on any atom is 0.204 e. The molecule has 0 amide bonds. The molecule has 2 aromatic rings. The zero-order chi connectivity index (χ0) is 14.6. The van der Waals surface area contributed by atoms with E-state index in [4.69, 9.17) is 9.68 Å². The highest BCUT2D eigenvalue weighted by atomic mass is 79.9. The van der Waals surface area contributed by atoms with Gasteiger partial charge in [0, 0.05) is 30.1 Å². The predicted molar refractivity (Wildman–Crippen MR) is 83.0 cm³/mol. The average molecular weight is 347 g/mol. The third-order valence-corrected chi connectivity index (χ3v) is 5.58. The lowest BCUT2D eigenvalue weighted by Gasteiger charge is -2.23. The Bertz CT molecular complexity index is 750. The molecule has 108 valence electrons. The number of likely N-dealkylation sites (tertiary alicyclic amines) is 1. The first-order valence-corrected chi connectivity index (χ1v) is 7.91. The molecule has 2 bridgehead atoms. The van der Waals surface area contributed by atoms with Crippen molar-refractivity contribution in [2.75, 3.05) is 18.9 Å². The van der Waals surface area contributed by atoms with Crippen LogP contribution in [-0.4, -0.2) is 35.6 Å². The van der Waals surface area contributed by atoms with Crippen LogP contribution in [0.2, 0.25) is 0 Å². The van der Waals surface area contributed by atoms with Crippen LogP contribution in [0.3, 0.4) is 0 Å². The van der Waals surface area contributed by atoms with Crippen molar-refractivity contribution < 1.29 is 4.42 Å². The minimum Gasteiger partial charge on any atom is -0.444 e. The molecule has 2 fully saturated rings. The first-order chi connectivity index (χ1) is 10.2. The van der Waals surface area contributed by atoms with Gasteiger partial charge in [0.1, 0.15) is 11.9 Å². The predicted octanol–water partition coefficient (Wildman–Crippen LogP) is 2.97. The Morgan fingerprint density at radius 2 is 2.38 bits per heavy atom. The lowest BCUT2D eigenvalue weighted by Crippen LogP contribution is -2.34. The topological polar surface area (TPSA) is 65.1 Å².